The fraction of sp³-hybridized carbons (Fsp3) is 0.375. The van der Waals surface area contributed by atoms with Crippen LogP contribution in [0.15, 0.2) is 34.9 Å². The van der Waals surface area contributed by atoms with Gasteiger partial charge in [0, 0.05) is 25.3 Å². The number of aryl methyl sites for hydroxylation is 1. The number of aromatic nitrogens is 1. The predicted molar refractivity (Wildman–Crippen MR) is 98.2 cm³/mol. The second kappa shape index (κ2) is 9.52. The number of benzene rings is 1. The smallest absolute Gasteiger partial charge is 0.273 e. The van der Waals surface area contributed by atoms with E-state index in [1.54, 1.807) is 0 Å². The molecule has 0 atom stereocenters. The number of hydrogen-bond acceptors (Lipinski definition) is 5. The van der Waals surface area contributed by atoms with Gasteiger partial charge in [-0.2, -0.15) is 0 Å². The predicted octanol–water partition coefficient (Wildman–Crippen LogP) is 2.16. The average Bonchev–Trinajstić information content (AvgIpc) is 3.04. The van der Waals surface area contributed by atoms with E-state index < -0.39 is 0 Å². The molecule has 1 aliphatic heterocycles. The molecular weight excluding hydrogens is 351 g/mol. The van der Waals surface area contributed by atoms with Crippen LogP contribution in [0.25, 0.3) is 0 Å². The number of fused-ring (bicyclic) bond motifs is 1. The zero-order valence-electron chi connectivity index (χ0n) is 13.2. The van der Waals surface area contributed by atoms with Crippen LogP contribution in [-0.4, -0.2) is 30.5 Å². The second-order valence-corrected chi connectivity index (χ2v) is 5.31. The van der Waals surface area contributed by atoms with Crippen LogP contribution >= 0.6 is 24.8 Å². The zero-order chi connectivity index (χ0) is 15.4. The Kier molecular flexibility index (Phi) is 8.04. The first-order valence-corrected chi connectivity index (χ1v) is 7.53. The monoisotopic (exact) mass is 372 g/mol. The number of halogens is 2. The summed E-state index contributed by atoms with van der Waals surface area (Å²) in [5.41, 5.74) is 8.34. The topological polar surface area (TPSA) is 84.4 Å². The van der Waals surface area contributed by atoms with Crippen molar-refractivity contribution in [1.29, 1.82) is 0 Å². The Morgan fingerprint density at radius 1 is 1.33 bits per heavy atom. The third kappa shape index (κ3) is 4.63. The molecule has 0 bridgehead atoms. The Labute approximate surface area is 153 Å². The van der Waals surface area contributed by atoms with Gasteiger partial charge in [-0.25, -0.2) is 4.98 Å². The molecule has 6 nitrogen and oxygen atoms in total. The molecule has 2 heterocycles. The van der Waals surface area contributed by atoms with Crippen LogP contribution in [0.2, 0.25) is 0 Å². The van der Waals surface area contributed by atoms with Gasteiger partial charge in [0.1, 0.15) is 6.26 Å². The van der Waals surface area contributed by atoms with E-state index in [0.29, 0.717) is 12.4 Å². The maximum absolute atomic E-state index is 12.0. The molecule has 0 unspecified atom stereocenters. The van der Waals surface area contributed by atoms with Gasteiger partial charge in [0.15, 0.2) is 5.69 Å². The number of anilines is 1. The van der Waals surface area contributed by atoms with Gasteiger partial charge in [-0.05, 0) is 24.5 Å². The molecule has 3 N–H and O–H groups in total. The number of carbonyl (C=O) groups excluding carboxylic acids is 1. The highest BCUT2D eigenvalue weighted by atomic mass is 35.5. The van der Waals surface area contributed by atoms with E-state index in [1.165, 1.54) is 17.5 Å². The highest BCUT2D eigenvalue weighted by Crippen LogP contribution is 2.25. The lowest BCUT2D eigenvalue weighted by Crippen LogP contribution is -2.37. The number of nitrogens with zero attached hydrogens (tertiary/aromatic N) is 2. The average molecular weight is 373 g/mol. The van der Waals surface area contributed by atoms with Crippen LogP contribution in [0, 0.1) is 0 Å². The van der Waals surface area contributed by atoms with Crippen LogP contribution in [-0.2, 0) is 13.0 Å². The number of oxazole rings is 1. The molecule has 1 aromatic heterocycles. The standard InChI is InChI=1S/C16H20N4O2.2ClH/c17-10-15-19-13(11-22-15)16(21)18-7-9-20-8-3-5-12-4-1-2-6-14(12)20;;/h1-2,4,6,11H,3,5,7-10,17H2,(H,18,21);2*1H. The van der Waals surface area contributed by atoms with Crippen molar-refractivity contribution >= 4 is 36.4 Å². The zero-order valence-corrected chi connectivity index (χ0v) is 14.9. The van der Waals surface area contributed by atoms with Gasteiger partial charge in [0.25, 0.3) is 5.91 Å². The summed E-state index contributed by atoms with van der Waals surface area (Å²) in [6.07, 6.45) is 3.61. The lowest BCUT2D eigenvalue weighted by molar-refractivity contribution is 0.0949. The van der Waals surface area contributed by atoms with Crippen molar-refractivity contribution in [3.63, 3.8) is 0 Å². The van der Waals surface area contributed by atoms with E-state index in [-0.39, 0.29) is 43.0 Å². The Morgan fingerprint density at radius 2 is 2.12 bits per heavy atom. The molecule has 24 heavy (non-hydrogen) atoms. The summed E-state index contributed by atoms with van der Waals surface area (Å²) in [6, 6.07) is 8.44. The molecule has 1 aliphatic rings. The minimum Gasteiger partial charge on any atom is -0.447 e. The maximum atomic E-state index is 12.0. The number of hydrogen-bond donors (Lipinski definition) is 2. The summed E-state index contributed by atoms with van der Waals surface area (Å²) >= 11 is 0. The van der Waals surface area contributed by atoms with Gasteiger partial charge in [-0.1, -0.05) is 18.2 Å². The second-order valence-electron chi connectivity index (χ2n) is 5.31. The third-order valence-electron chi connectivity index (χ3n) is 3.83. The minimum absolute atomic E-state index is 0. The molecule has 2 aromatic rings. The number of carbonyl (C=O) groups is 1. The number of rotatable bonds is 5. The van der Waals surface area contributed by atoms with Gasteiger partial charge >= 0.3 is 0 Å². The molecule has 8 heteroatoms. The Balaban J connectivity index is 0.00000144. The number of amides is 1. The van der Waals surface area contributed by atoms with Crippen molar-refractivity contribution in [1.82, 2.24) is 10.3 Å². The molecule has 3 rings (SSSR count). The van der Waals surface area contributed by atoms with Crippen LogP contribution in [0.3, 0.4) is 0 Å². The lowest BCUT2D eigenvalue weighted by atomic mass is 10.0. The summed E-state index contributed by atoms with van der Waals surface area (Å²) in [5.74, 6) is 0.142. The Bertz CT molecular complexity index is 663. The van der Waals surface area contributed by atoms with Crippen molar-refractivity contribution in [2.75, 3.05) is 24.5 Å². The first-order chi connectivity index (χ1) is 10.8. The van der Waals surface area contributed by atoms with Gasteiger partial charge in [0.2, 0.25) is 5.89 Å². The molecule has 0 fully saturated rings. The highest BCUT2D eigenvalue weighted by Gasteiger charge is 2.16. The van der Waals surface area contributed by atoms with Crippen molar-refractivity contribution in [2.45, 2.75) is 19.4 Å². The molecule has 0 spiro atoms. The van der Waals surface area contributed by atoms with E-state index in [4.69, 9.17) is 10.2 Å². The highest BCUT2D eigenvalue weighted by molar-refractivity contribution is 5.91. The van der Waals surface area contributed by atoms with Crippen molar-refractivity contribution < 1.29 is 9.21 Å². The lowest BCUT2D eigenvalue weighted by Gasteiger charge is -2.31. The van der Waals surface area contributed by atoms with Crippen LogP contribution < -0.4 is 16.0 Å². The molecule has 0 radical (unpaired) electrons. The number of nitrogens with two attached hydrogens (primary N) is 1. The van der Waals surface area contributed by atoms with Gasteiger partial charge in [-0.15, -0.1) is 24.8 Å². The summed E-state index contributed by atoms with van der Waals surface area (Å²) in [5, 5.41) is 2.87. The summed E-state index contributed by atoms with van der Waals surface area (Å²) in [7, 11) is 0. The molecule has 0 aliphatic carbocycles. The van der Waals surface area contributed by atoms with Gasteiger partial charge in [0.05, 0.1) is 6.54 Å². The fourth-order valence-electron chi connectivity index (χ4n) is 2.75. The summed E-state index contributed by atoms with van der Waals surface area (Å²) in [4.78, 5) is 18.3. The number of nitrogens with one attached hydrogen (secondary N) is 1. The first-order valence-electron chi connectivity index (χ1n) is 7.53. The quantitative estimate of drug-likeness (QED) is 0.839. The fourth-order valence-corrected chi connectivity index (χ4v) is 2.75. The van der Waals surface area contributed by atoms with E-state index in [9.17, 15) is 4.79 Å². The molecule has 0 saturated carbocycles. The van der Waals surface area contributed by atoms with E-state index in [2.05, 4.69) is 39.5 Å². The van der Waals surface area contributed by atoms with Crippen LogP contribution in [0.5, 0.6) is 0 Å². The molecule has 1 amide bonds. The Hall–Kier alpha value is -1.76. The molecule has 132 valence electrons. The Morgan fingerprint density at radius 3 is 2.88 bits per heavy atom. The third-order valence-corrected chi connectivity index (χ3v) is 3.83. The van der Waals surface area contributed by atoms with E-state index >= 15 is 0 Å². The summed E-state index contributed by atoms with van der Waals surface area (Å²) < 4.78 is 5.07. The van der Waals surface area contributed by atoms with Crippen molar-refractivity contribution in [2.24, 2.45) is 5.73 Å². The minimum atomic E-state index is -0.228. The van der Waals surface area contributed by atoms with Crippen LogP contribution in [0.4, 0.5) is 5.69 Å². The van der Waals surface area contributed by atoms with Gasteiger partial charge in [-0.3, -0.25) is 4.79 Å². The van der Waals surface area contributed by atoms with Gasteiger partial charge < -0.3 is 20.4 Å². The van der Waals surface area contributed by atoms with E-state index in [1.807, 2.05) is 0 Å². The summed E-state index contributed by atoms with van der Waals surface area (Å²) in [6.45, 7) is 2.56. The molecule has 0 saturated heterocycles. The molecule has 1 aromatic carbocycles. The number of para-hydroxylation sites is 1. The normalized spacial score (nSPS) is 12.6. The molecular formula is C16H22Cl2N4O2. The van der Waals surface area contributed by atoms with E-state index in [0.717, 1.165) is 25.9 Å². The SMILES string of the molecule is Cl.Cl.NCc1nc(C(=O)NCCN2CCCc3ccccc32)co1. The van der Waals surface area contributed by atoms with Crippen molar-refractivity contribution in [3.8, 4) is 0 Å². The first kappa shape index (κ1) is 20.3. The van der Waals surface area contributed by atoms with Crippen molar-refractivity contribution in [3.05, 3.63) is 47.7 Å². The van der Waals surface area contributed by atoms with Crippen LogP contribution in [0.1, 0.15) is 28.4 Å². The maximum Gasteiger partial charge on any atom is 0.273 e. The largest absolute Gasteiger partial charge is 0.447 e.